The van der Waals surface area contributed by atoms with Crippen molar-refractivity contribution in [3.05, 3.63) is 65.7 Å². The minimum absolute atomic E-state index is 0.283. The standard InChI is InChI=1S/C25H25N5O2/c26-13-22(19-15-27-14-17-5-1-2-6-18(17)19)29-24(32)25(11-3-4-12-25)30-23(31)21-10-9-20(28-21)16-7-8-16/h1-2,5-6,9-10,14-16,22,28H,3-4,7-8,11-12H2,(H,29,32)(H,30,31). The topological polar surface area (TPSA) is 111 Å². The van der Waals surface area contributed by atoms with E-state index in [1.54, 1.807) is 18.5 Å². The largest absolute Gasteiger partial charge is 0.354 e. The zero-order valence-corrected chi connectivity index (χ0v) is 17.7. The van der Waals surface area contributed by atoms with Crippen LogP contribution in [0, 0.1) is 11.3 Å². The third kappa shape index (κ3) is 3.73. The molecule has 0 radical (unpaired) electrons. The van der Waals surface area contributed by atoms with Crippen LogP contribution in [0.25, 0.3) is 10.8 Å². The second-order valence-electron chi connectivity index (χ2n) is 8.83. The zero-order chi connectivity index (χ0) is 22.1. The van der Waals surface area contributed by atoms with Crippen LogP contribution in [-0.4, -0.2) is 27.3 Å². The van der Waals surface area contributed by atoms with E-state index in [-0.39, 0.29) is 11.8 Å². The summed E-state index contributed by atoms with van der Waals surface area (Å²) in [7, 11) is 0. The summed E-state index contributed by atoms with van der Waals surface area (Å²) in [6.07, 6.45) is 8.44. The predicted molar refractivity (Wildman–Crippen MR) is 120 cm³/mol. The molecule has 5 rings (SSSR count). The Balaban J connectivity index is 1.37. The third-order valence-electron chi connectivity index (χ3n) is 6.63. The summed E-state index contributed by atoms with van der Waals surface area (Å²) in [5, 5.41) is 17.5. The monoisotopic (exact) mass is 427 g/mol. The highest BCUT2D eigenvalue weighted by Gasteiger charge is 2.43. The Morgan fingerprint density at radius 1 is 1.12 bits per heavy atom. The molecule has 0 saturated heterocycles. The van der Waals surface area contributed by atoms with Crippen molar-refractivity contribution in [3.63, 3.8) is 0 Å². The SMILES string of the molecule is N#CC(NC(=O)C1(NC(=O)c2ccc(C3CC3)[nH]2)CCCC1)c1cncc2ccccc12. The fraction of sp³-hybridized carbons (Fsp3) is 0.360. The van der Waals surface area contributed by atoms with E-state index >= 15 is 0 Å². The Morgan fingerprint density at radius 3 is 2.66 bits per heavy atom. The number of rotatable bonds is 6. The first-order valence-corrected chi connectivity index (χ1v) is 11.1. The number of aromatic nitrogens is 2. The van der Waals surface area contributed by atoms with Crippen molar-refractivity contribution in [1.82, 2.24) is 20.6 Å². The summed E-state index contributed by atoms with van der Waals surface area (Å²) in [4.78, 5) is 33.8. The number of benzene rings is 1. The Kier molecular flexibility index (Phi) is 5.14. The van der Waals surface area contributed by atoms with Gasteiger partial charge in [-0.25, -0.2) is 0 Å². The van der Waals surface area contributed by atoms with Crippen molar-refractivity contribution in [2.24, 2.45) is 0 Å². The summed E-state index contributed by atoms with van der Waals surface area (Å²) in [5.41, 5.74) is 1.18. The lowest BCUT2D eigenvalue weighted by Crippen LogP contribution is -2.57. The van der Waals surface area contributed by atoms with Crippen molar-refractivity contribution in [2.75, 3.05) is 0 Å². The van der Waals surface area contributed by atoms with Crippen LogP contribution in [0.2, 0.25) is 0 Å². The first-order valence-electron chi connectivity index (χ1n) is 11.1. The number of nitriles is 1. The van der Waals surface area contributed by atoms with Crippen LogP contribution < -0.4 is 10.6 Å². The number of pyridine rings is 1. The summed E-state index contributed by atoms with van der Waals surface area (Å²) in [6, 6.07) is 12.7. The van der Waals surface area contributed by atoms with Crippen LogP contribution >= 0.6 is 0 Å². The van der Waals surface area contributed by atoms with Crippen LogP contribution in [0.15, 0.2) is 48.8 Å². The van der Waals surface area contributed by atoms with Gasteiger partial charge in [-0.05, 0) is 49.1 Å². The molecular formula is C25H25N5O2. The number of nitrogens with zero attached hydrogens (tertiary/aromatic N) is 2. The average Bonchev–Trinajstić information content (AvgIpc) is 3.34. The highest BCUT2D eigenvalue weighted by atomic mass is 16.2. The maximum atomic E-state index is 13.4. The smallest absolute Gasteiger partial charge is 0.268 e. The van der Waals surface area contributed by atoms with Crippen LogP contribution in [0.4, 0.5) is 0 Å². The molecule has 2 heterocycles. The Labute approximate surface area is 186 Å². The van der Waals surface area contributed by atoms with E-state index in [4.69, 9.17) is 0 Å². The molecule has 0 aliphatic heterocycles. The van der Waals surface area contributed by atoms with E-state index in [1.807, 2.05) is 30.3 Å². The molecule has 0 bridgehead atoms. The first-order chi connectivity index (χ1) is 15.6. The van der Waals surface area contributed by atoms with Crippen LogP contribution in [-0.2, 0) is 4.79 Å². The van der Waals surface area contributed by atoms with Gasteiger partial charge in [0.1, 0.15) is 17.3 Å². The second kappa shape index (κ2) is 8.12. The Morgan fingerprint density at radius 2 is 1.91 bits per heavy atom. The fourth-order valence-electron chi connectivity index (χ4n) is 4.67. The summed E-state index contributed by atoms with van der Waals surface area (Å²) >= 11 is 0. The maximum Gasteiger partial charge on any atom is 0.268 e. The van der Waals surface area contributed by atoms with Crippen LogP contribution in [0.1, 0.15) is 72.2 Å². The molecule has 2 aromatic heterocycles. The van der Waals surface area contributed by atoms with Gasteiger partial charge >= 0.3 is 0 Å². The summed E-state index contributed by atoms with van der Waals surface area (Å²) < 4.78 is 0. The first kappa shape index (κ1) is 20.3. The van der Waals surface area contributed by atoms with E-state index in [0.29, 0.717) is 30.0 Å². The molecule has 0 spiro atoms. The summed E-state index contributed by atoms with van der Waals surface area (Å²) in [5.74, 6) is -0.0860. The molecule has 2 aliphatic carbocycles. The Bertz CT molecular complexity index is 1210. The van der Waals surface area contributed by atoms with Gasteiger partial charge in [0.25, 0.3) is 5.91 Å². The van der Waals surface area contributed by atoms with Crippen molar-refractivity contribution >= 4 is 22.6 Å². The molecule has 3 N–H and O–H groups in total. The number of carbonyl (C=O) groups excluding carboxylic acids is 2. The van der Waals surface area contributed by atoms with Crippen molar-refractivity contribution in [3.8, 4) is 6.07 Å². The minimum atomic E-state index is -1.02. The van der Waals surface area contributed by atoms with Gasteiger partial charge in [-0.2, -0.15) is 5.26 Å². The molecule has 3 aromatic rings. The summed E-state index contributed by atoms with van der Waals surface area (Å²) in [6.45, 7) is 0. The highest BCUT2D eigenvalue weighted by Crippen LogP contribution is 2.39. The number of H-pyrrole nitrogens is 1. The highest BCUT2D eigenvalue weighted by molar-refractivity contribution is 5.98. The average molecular weight is 428 g/mol. The normalized spacial score (nSPS) is 18.1. The van der Waals surface area contributed by atoms with Crippen molar-refractivity contribution in [2.45, 2.75) is 56.0 Å². The molecule has 1 unspecified atom stereocenters. The lowest BCUT2D eigenvalue weighted by atomic mass is 9.94. The number of nitrogens with one attached hydrogen (secondary N) is 3. The van der Waals surface area contributed by atoms with E-state index in [0.717, 1.165) is 42.1 Å². The van der Waals surface area contributed by atoms with Crippen LogP contribution in [0.5, 0.6) is 0 Å². The van der Waals surface area contributed by atoms with Gasteiger partial charge in [-0.1, -0.05) is 37.1 Å². The van der Waals surface area contributed by atoms with Gasteiger partial charge in [-0.3, -0.25) is 14.6 Å². The minimum Gasteiger partial charge on any atom is -0.354 e. The number of carbonyl (C=O) groups is 2. The van der Waals surface area contributed by atoms with Gasteiger partial charge in [-0.15, -0.1) is 0 Å². The quantitative estimate of drug-likeness (QED) is 0.555. The van der Waals surface area contributed by atoms with Crippen molar-refractivity contribution in [1.29, 1.82) is 5.26 Å². The molecule has 2 amide bonds. The molecule has 2 saturated carbocycles. The van der Waals surface area contributed by atoms with Gasteiger partial charge in [0, 0.05) is 29.0 Å². The molecule has 32 heavy (non-hydrogen) atoms. The number of hydrogen-bond acceptors (Lipinski definition) is 4. The molecule has 2 aliphatic rings. The molecule has 1 aromatic carbocycles. The number of aromatic amines is 1. The van der Waals surface area contributed by atoms with E-state index in [1.165, 1.54) is 0 Å². The maximum absolute atomic E-state index is 13.4. The Hall–Kier alpha value is -3.66. The van der Waals surface area contributed by atoms with Gasteiger partial charge in [0.05, 0.1) is 6.07 Å². The predicted octanol–water partition coefficient (Wildman–Crippen LogP) is 3.86. The number of amides is 2. The zero-order valence-electron chi connectivity index (χ0n) is 17.7. The fourth-order valence-corrected chi connectivity index (χ4v) is 4.67. The number of fused-ring (bicyclic) bond motifs is 1. The second-order valence-corrected chi connectivity index (χ2v) is 8.83. The molecule has 7 heteroatoms. The van der Waals surface area contributed by atoms with E-state index in [9.17, 15) is 14.9 Å². The lowest BCUT2D eigenvalue weighted by Gasteiger charge is -2.30. The number of hydrogen-bond donors (Lipinski definition) is 3. The molecule has 2 fully saturated rings. The molecule has 1 atom stereocenters. The van der Waals surface area contributed by atoms with Crippen molar-refractivity contribution < 1.29 is 9.59 Å². The van der Waals surface area contributed by atoms with Gasteiger partial charge in [0.15, 0.2) is 0 Å². The molecule has 162 valence electrons. The van der Waals surface area contributed by atoms with Gasteiger partial charge < -0.3 is 15.6 Å². The molecular weight excluding hydrogens is 402 g/mol. The third-order valence-corrected chi connectivity index (χ3v) is 6.63. The van der Waals surface area contributed by atoms with E-state index in [2.05, 4.69) is 26.7 Å². The lowest BCUT2D eigenvalue weighted by molar-refractivity contribution is -0.127. The van der Waals surface area contributed by atoms with Crippen LogP contribution in [0.3, 0.4) is 0 Å². The molecule has 7 nitrogen and oxygen atoms in total. The van der Waals surface area contributed by atoms with E-state index < -0.39 is 11.6 Å². The van der Waals surface area contributed by atoms with Gasteiger partial charge in [0.2, 0.25) is 5.91 Å².